The number of nitrogens with zero attached hydrogens (tertiary/aromatic N) is 3. The maximum absolute atomic E-state index is 12.8. The van der Waals surface area contributed by atoms with E-state index >= 15 is 0 Å². The van der Waals surface area contributed by atoms with Gasteiger partial charge in [-0.3, -0.25) is 4.79 Å². The van der Waals surface area contributed by atoms with Crippen LogP contribution >= 0.6 is 0 Å². The monoisotopic (exact) mass is 501 g/mol. The number of piperidine rings is 2. The van der Waals surface area contributed by atoms with Crippen LogP contribution in [0.15, 0.2) is 30.3 Å². The molecule has 1 N–H and O–H groups in total. The first-order chi connectivity index (χ1) is 17.2. The van der Waals surface area contributed by atoms with Crippen LogP contribution in [0.4, 0.5) is 4.79 Å². The molecular weight excluding hydrogens is 454 g/mol. The Bertz CT molecular complexity index is 816. The lowest BCUT2D eigenvalue weighted by molar-refractivity contribution is -0.136. The summed E-state index contributed by atoms with van der Waals surface area (Å²) in [7, 11) is 0. The Kier molecular flexibility index (Phi) is 10.6. The SMILES string of the molecule is CC(C)(C)OC(=O)N1CCCC2(CCCN(C(=O)CCCN3CCCC3)C2)C1.OCc1ccccc1. The smallest absolute Gasteiger partial charge is 0.410 e. The molecule has 0 aliphatic carbocycles. The van der Waals surface area contributed by atoms with Crippen molar-refractivity contribution in [1.29, 1.82) is 0 Å². The number of hydrogen-bond acceptors (Lipinski definition) is 5. The number of ether oxygens (including phenoxy) is 1. The predicted octanol–water partition coefficient (Wildman–Crippen LogP) is 4.68. The quantitative estimate of drug-likeness (QED) is 0.634. The highest BCUT2D eigenvalue weighted by Crippen LogP contribution is 2.39. The Hall–Kier alpha value is -2.12. The molecule has 0 saturated carbocycles. The molecule has 0 radical (unpaired) electrons. The molecular formula is C29H47N3O4. The van der Waals surface area contributed by atoms with Crippen molar-refractivity contribution in [2.24, 2.45) is 5.41 Å². The molecule has 7 heteroatoms. The molecule has 2 amide bonds. The zero-order valence-corrected chi connectivity index (χ0v) is 22.7. The van der Waals surface area contributed by atoms with Gasteiger partial charge in [0.05, 0.1) is 6.61 Å². The highest BCUT2D eigenvalue weighted by molar-refractivity contribution is 5.76. The van der Waals surface area contributed by atoms with Gasteiger partial charge >= 0.3 is 6.09 Å². The highest BCUT2D eigenvalue weighted by atomic mass is 16.6. The van der Waals surface area contributed by atoms with E-state index < -0.39 is 5.60 Å². The molecule has 4 rings (SSSR count). The van der Waals surface area contributed by atoms with Crippen molar-refractivity contribution in [3.63, 3.8) is 0 Å². The normalized spacial score (nSPS) is 22.8. The number of rotatable bonds is 5. The van der Waals surface area contributed by atoms with Crippen molar-refractivity contribution in [3.05, 3.63) is 35.9 Å². The van der Waals surface area contributed by atoms with Gasteiger partial charge in [-0.25, -0.2) is 4.79 Å². The molecule has 3 aliphatic rings. The van der Waals surface area contributed by atoms with Crippen molar-refractivity contribution in [2.45, 2.75) is 84.3 Å². The Morgan fingerprint density at radius 1 is 0.917 bits per heavy atom. The summed E-state index contributed by atoms with van der Waals surface area (Å²) in [5.41, 5.74) is 0.552. The lowest BCUT2D eigenvalue weighted by Crippen LogP contribution is -2.55. The largest absolute Gasteiger partial charge is 0.444 e. The molecule has 1 aromatic rings. The van der Waals surface area contributed by atoms with Crippen LogP contribution in [0.5, 0.6) is 0 Å². The molecule has 1 aromatic carbocycles. The first-order valence-corrected chi connectivity index (χ1v) is 13.8. The van der Waals surface area contributed by atoms with E-state index in [0.29, 0.717) is 12.3 Å². The summed E-state index contributed by atoms with van der Waals surface area (Å²) in [6.45, 7) is 12.5. The summed E-state index contributed by atoms with van der Waals surface area (Å²) < 4.78 is 5.59. The van der Waals surface area contributed by atoms with Crippen molar-refractivity contribution in [1.82, 2.24) is 14.7 Å². The fourth-order valence-electron chi connectivity index (χ4n) is 5.65. The van der Waals surface area contributed by atoms with Gasteiger partial charge < -0.3 is 24.5 Å². The zero-order valence-electron chi connectivity index (χ0n) is 22.7. The van der Waals surface area contributed by atoms with Crippen LogP contribution in [-0.2, 0) is 16.1 Å². The maximum Gasteiger partial charge on any atom is 0.410 e. The van der Waals surface area contributed by atoms with Gasteiger partial charge in [0.2, 0.25) is 5.91 Å². The number of benzene rings is 1. The van der Waals surface area contributed by atoms with E-state index in [-0.39, 0.29) is 18.1 Å². The molecule has 202 valence electrons. The van der Waals surface area contributed by atoms with Crippen molar-refractivity contribution < 1.29 is 19.4 Å². The third-order valence-corrected chi connectivity index (χ3v) is 7.42. The van der Waals surface area contributed by atoms with Crippen LogP contribution in [0.3, 0.4) is 0 Å². The number of likely N-dealkylation sites (tertiary alicyclic amines) is 3. The van der Waals surface area contributed by atoms with Gasteiger partial charge in [-0.05, 0) is 90.9 Å². The number of carbonyl (C=O) groups excluding carboxylic acids is 2. The van der Waals surface area contributed by atoms with Crippen molar-refractivity contribution in [2.75, 3.05) is 45.8 Å². The van der Waals surface area contributed by atoms with E-state index in [9.17, 15) is 9.59 Å². The molecule has 3 aliphatic heterocycles. The lowest BCUT2D eigenvalue weighted by Gasteiger charge is -2.48. The van der Waals surface area contributed by atoms with Crippen LogP contribution in [-0.4, -0.2) is 83.2 Å². The fourth-order valence-corrected chi connectivity index (χ4v) is 5.65. The Morgan fingerprint density at radius 3 is 2.11 bits per heavy atom. The van der Waals surface area contributed by atoms with E-state index in [1.54, 1.807) is 0 Å². The van der Waals surface area contributed by atoms with Crippen molar-refractivity contribution >= 4 is 12.0 Å². The van der Waals surface area contributed by atoms with Crippen LogP contribution < -0.4 is 0 Å². The second-order valence-corrected chi connectivity index (χ2v) is 11.7. The number of carbonyl (C=O) groups is 2. The summed E-state index contributed by atoms with van der Waals surface area (Å²) in [6.07, 6.45) is 8.26. The topological polar surface area (TPSA) is 73.3 Å². The minimum Gasteiger partial charge on any atom is -0.444 e. The van der Waals surface area contributed by atoms with Crippen LogP contribution in [0, 0.1) is 5.41 Å². The van der Waals surface area contributed by atoms with Gasteiger partial charge in [-0.1, -0.05) is 30.3 Å². The number of hydrogen-bond donors (Lipinski definition) is 1. The molecule has 36 heavy (non-hydrogen) atoms. The van der Waals surface area contributed by atoms with Gasteiger partial charge in [0, 0.05) is 38.0 Å². The summed E-state index contributed by atoms with van der Waals surface area (Å²) in [5.74, 6) is 0.299. The summed E-state index contributed by atoms with van der Waals surface area (Å²) in [6, 6.07) is 9.52. The van der Waals surface area contributed by atoms with Gasteiger partial charge in [0.15, 0.2) is 0 Å². The summed E-state index contributed by atoms with van der Waals surface area (Å²) in [5, 5.41) is 8.54. The minimum atomic E-state index is -0.467. The fraction of sp³-hybridized carbons (Fsp3) is 0.724. The van der Waals surface area contributed by atoms with Gasteiger partial charge in [0.25, 0.3) is 0 Å². The molecule has 7 nitrogen and oxygen atoms in total. The summed E-state index contributed by atoms with van der Waals surface area (Å²) in [4.78, 5) is 31.8. The van der Waals surface area contributed by atoms with Gasteiger partial charge in [-0.15, -0.1) is 0 Å². The molecule has 3 fully saturated rings. The average molecular weight is 502 g/mol. The Balaban J connectivity index is 0.000000383. The maximum atomic E-state index is 12.8. The molecule has 1 spiro atoms. The van der Waals surface area contributed by atoms with Crippen LogP contribution in [0.25, 0.3) is 0 Å². The van der Waals surface area contributed by atoms with Gasteiger partial charge in [0.1, 0.15) is 5.60 Å². The third-order valence-electron chi connectivity index (χ3n) is 7.42. The molecule has 1 unspecified atom stereocenters. The first kappa shape index (κ1) is 28.5. The third kappa shape index (κ3) is 9.07. The average Bonchev–Trinajstić information content (AvgIpc) is 3.37. The Morgan fingerprint density at radius 2 is 1.53 bits per heavy atom. The first-order valence-electron chi connectivity index (χ1n) is 13.8. The zero-order chi connectivity index (χ0) is 26.0. The standard InChI is InChI=1S/C22H39N3O3.C7H8O/c1-21(2,3)28-20(27)25-16-8-11-22(18-25)10-7-15-24(17-22)19(26)9-6-14-23-12-4-5-13-23;8-6-7-4-2-1-3-5-7/h4-18H2,1-3H3;1-5,8H,6H2. The molecule has 0 aromatic heterocycles. The van der Waals surface area contributed by atoms with E-state index in [4.69, 9.17) is 9.84 Å². The number of aliphatic hydroxyl groups excluding tert-OH is 1. The second kappa shape index (κ2) is 13.4. The molecule has 3 saturated heterocycles. The Labute approximate surface area is 217 Å². The number of aliphatic hydroxyl groups is 1. The summed E-state index contributed by atoms with van der Waals surface area (Å²) >= 11 is 0. The molecule has 0 bridgehead atoms. The van der Waals surface area contributed by atoms with Gasteiger partial charge in [-0.2, -0.15) is 0 Å². The van der Waals surface area contributed by atoms with E-state index in [2.05, 4.69) is 9.80 Å². The molecule has 3 heterocycles. The number of amides is 2. The van der Waals surface area contributed by atoms with E-state index in [0.717, 1.165) is 70.4 Å². The second-order valence-electron chi connectivity index (χ2n) is 11.7. The highest BCUT2D eigenvalue weighted by Gasteiger charge is 2.42. The van der Waals surface area contributed by atoms with E-state index in [1.807, 2.05) is 56.0 Å². The lowest BCUT2D eigenvalue weighted by atomic mass is 9.73. The van der Waals surface area contributed by atoms with Crippen molar-refractivity contribution in [3.8, 4) is 0 Å². The van der Waals surface area contributed by atoms with E-state index in [1.165, 1.54) is 25.9 Å². The minimum absolute atomic E-state index is 0.0536. The molecule has 1 atom stereocenters. The van der Waals surface area contributed by atoms with Crippen LogP contribution in [0.1, 0.15) is 77.7 Å². The predicted molar refractivity (Wildman–Crippen MR) is 143 cm³/mol. The van der Waals surface area contributed by atoms with Crippen LogP contribution in [0.2, 0.25) is 0 Å².